The standard InChI is InChI=1S/C17H29ClN2/c1-6-17(7-2,12-19-4)13-20(5)14(3)15-10-8-9-11-16(15)18/h8-11,14,19H,6-7,12-13H2,1-5H3. The fourth-order valence-corrected chi connectivity index (χ4v) is 3.17. The molecule has 0 aliphatic heterocycles. The molecular weight excluding hydrogens is 268 g/mol. The van der Waals surface area contributed by atoms with Gasteiger partial charge >= 0.3 is 0 Å². The Kier molecular flexibility index (Phi) is 7.01. The van der Waals surface area contributed by atoms with E-state index in [4.69, 9.17) is 11.6 Å². The molecule has 1 atom stereocenters. The van der Waals surface area contributed by atoms with Crippen molar-refractivity contribution >= 4 is 11.6 Å². The van der Waals surface area contributed by atoms with Crippen molar-refractivity contribution in [3.8, 4) is 0 Å². The SMILES string of the molecule is CCC(CC)(CNC)CN(C)C(C)c1ccccc1Cl. The predicted molar refractivity (Wildman–Crippen MR) is 89.4 cm³/mol. The number of benzene rings is 1. The number of hydrogen-bond acceptors (Lipinski definition) is 2. The van der Waals surface area contributed by atoms with Crippen molar-refractivity contribution in [2.45, 2.75) is 39.7 Å². The van der Waals surface area contributed by atoms with E-state index in [1.54, 1.807) is 0 Å². The Bertz CT molecular complexity index is 402. The summed E-state index contributed by atoms with van der Waals surface area (Å²) >= 11 is 6.32. The smallest absolute Gasteiger partial charge is 0.0453 e. The third-order valence-electron chi connectivity index (χ3n) is 4.65. The van der Waals surface area contributed by atoms with Crippen LogP contribution in [0.5, 0.6) is 0 Å². The van der Waals surface area contributed by atoms with Crippen LogP contribution in [0.4, 0.5) is 0 Å². The van der Waals surface area contributed by atoms with Gasteiger partial charge in [0.25, 0.3) is 0 Å². The first-order chi connectivity index (χ1) is 9.49. The molecule has 0 saturated carbocycles. The largest absolute Gasteiger partial charge is 0.319 e. The van der Waals surface area contributed by atoms with E-state index in [1.165, 1.54) is 18.4 Å². The first-order valence-corrected chi connectivity index (χ1v) is 7.96. The van der Waals surface area contributed by atoms with E-state index in [2.05, 4.69) is 50.2 Å². The van der Waals surface area contributed by atoms with Gasteiger partial charge in [-0.25, -0.2) is 0 Å². The van der Waals surface area contributed by atoms with Crippen LogP contribution in [-0.2, 0) is 0 Å². The van der Waals surface area contributed by atoms with Gasteiger partial charge in [-0.15, -0.1) is 0 Å². The van der Waals surface area contributed by atoms with Crippen LogP contribution in [-0.4, -0.2) is 32.1 Å². The first-order valence-electron chi connectivity index (χ1n) is 7.59. The summed E-state index contributed by atoms with van der Waals surface area (Å²) < 4.78 is 0. The number of rotatable bonds is 8. The zero-order valence-corrected chi connectivity index (χ0v) is 14.3. The van der Waals surface area contributed by atoms with Crippen molar-refractivity contribution in [3.63, 3.8) is 0 Å². The molecule has 3 heteroatoms. The van der Waals surface area contributed by atoms with E-state index in [1.807, 2.05) is 19.2 Å². The van der Waals surface area contributed by atoms with E-state index in [0.29, 0.717) is 11.5 Å². The summed E-state index contributed by atoms with van der Waals surface area (Å²) in [6.45, 7) is 8.94. The third kappa shape index (κ3) is 4.21. The lowest BCUT2D eigenvalue weighted by atomic mass is 9.81. The van der Waals surface area contributed by atoms with Crippen LogP contribution in [0.25, 0.3) is 0 Å². The van der Waals surface area contributed by atoms with Gasteiger partial charge in [0, 0.05) is 24.2 Å². The molecule has 0 heterocycles. The summed E-state index contributed by atoms with van der Waals surface area (Å²) in [4.78, 5) is 2.42. The Hall–Kier alpha value is -0.570. The Balaban J connectivity index is 2.83. The number of nitrogens with one attached hydrogen (secondary N) is 1. The monoisotopic (exact) mass is 296 g/mol. The van der Waals surface area contributed by atoms with Crippen molar-refractivity contribution in [2.75, 3.05) is 27.2 Å². The lowest BCUT2D eigenvalue weighted by Gasteiger charge is -2.38. The molecule has 1 N–H and O–H groups in total. The lowest BCUT2D eigenvalue weighted by Crippen LogP contribution is -2.42. The first kappa shape index (κ1) is 17.5. The maximum Gasteiger partial charge on any atom is 0.0453 e. The van der Waals surface area contributed by atoms with Crippen LogP contribution >= 0.6 is 11.6 Å². The van der Waals surface area contributed by atoms with Crippen LogP contribution in [0.1, 0.15) is 45.2 Å². The molecule has 1 aromatic carbocycles. The molecular formula is C17H29ClN2. The minimum atomic E-state index is 0.332. The van der Waals surface area contributed by atoms with Gasteiger partial charge in [0.1, 0.15) is 0 Å². The van der Waals surface area contributed by atoms with E-state index in [-0.39, 0.29) is 0 Å². The Labute approximate surface area is 129 Å². The lowest BCUT2D eigenvalue weighted by molar-refractivity contribution is 0.130. The van der Waals surface area contributed by atoms with Crippen molar-refractivity contribution < 1.29 is 0 Å². The molecule has 0 amide bonds. The van der Waals surface area contributed by atoms with Gasteiger partial charge in [0.15, 0.2) is 0 Å². The Morgan fingerprint density at radius 2 is 1.85 bits per heavy atom. The zero-order valence-electron chi connectivity index (χ0n) is 13.5. The van der Waals surface area contributed by atoms with Crippen molar-refractivity contribution in [2.24, 2.45) is 5.41 Å². The molecule has 0 aliphatic carbocycles. The van der Waals surface area contributed by atoms with Crippen molar-refractivity contribution in [3.05, 3.63) is 34.9 Å². The second kappa shape index (κ2) is 8.02. The second-order valence-electron chi connectivity index (χ2n) is 5.85. The minimum Gasteiger partial charge on any atom is -0.319 e. The Morgan fingerprint density at radius 3 is 2.35 bits per heavy atom. The normalized spacial score (nSPS) is 13.8. The fraction of sp³-hybridized carbons (Fsp3) is 0.647. The highest BCUT2D eigenvalue weighted by molar-refractivity contribution is 6.31. The summed E-state index contributed by atoms with van der Waals surface area (Å²) in [6.07, 6.45) is 2.37. The van der Waals surface area contributed by atoms with E-state index in [9.17, 15) is 0 Å². The van der Waals surface area contributed by atoms with Gasteiger partial charge in [-0.1, -0.05) is 43.6 Å². The van der Waals surface area contributed by atoms with Crippen molar-refractivity contribution in [1.82, 2.24) is 10.2 Å². The summed E-state index contributed by atoms with van der Waals surface area (Å²) in [6, 6.07) is 8.48. The fourth-order valence-electron chi connectivity index (χ4n) is 2.87. The summed E-state index contributed by atoms with van der Waals surface area (Å²) in [5.41, 5.74) is 1.54. The molecule has 0 radical (unpaired) electrons. The second-order valence-corrected chi connectivity index (χ2v) is 6.26. The van der Waals surface area contributed by atoms with Gasteiger partial charge in [0.2, 0.25) is 0 Å². The average Bonchev–Trinajstić information content (AvgIpc) is 2.46. The molecule has 1 unspecified atom stereocenters. The van der Waals surface area contributed by atoms with Crippen LogP contribution in [0, 0.1) is 5.41 Å². The number of halogens is 1. The van der Waals surface area contributed by atoms with Gasteiger partial charge in [0.05, 0.1) is 0 Å². The maximum absolute atomic E-state index is 6.32. The van der Waals surface area contributed by atoms with Gasteiger partial charge in [-0.2, -0.15) is 0 Å². The van der Waals surface area contributed by atoms with Crippen LogP contribution in [0.15, 0.2) is 24.3 Å². The maximum atomic E-state index is 6.32. The summed E-state index contributed by atoms with van der Waals surface area (Å²) in [5.74, 6) is 0. The average molecular weight is 297 g/mol. The van der Waals surface area contributed by atoms with E-state index in [0.717, 1.165) is 18.1 Å². The molecule has 2 nitrogen and oxygen atoms in total. The summed E-state index contributed by atoms with van der Waals surface area (Å²) in [5, 5.41) is 4.21. The van der Waals surface area contributed by atoms with Crippen LogP contribution in [0.3, 0.4) is 0 Å². The zero-order chi connectivity index (χ0) is 15.2. The highest BCUT2D eigenvalue weighted by Gasteiger charge is 2.29. The molecule has 0 bridgehead atoms. The van der Waals surface area contributed by atoms with Crippen LogP contribution < -0.4 is 5.32 Å². The van der Waals surface area contributed by atoms with Gasteiger partial charge < -0.3 is 5.32 Å². The highest BCUT2D eigenvalue weighted by Crippen LogP contribution is 2.32. The van der Waals surface area contributed by atoms with Crippen molar-refractivity contribution in [1.29, 1.82) is 0 Å². The van der Waals surface area contributed by atoms with Crippen LogP contribution in [0.2, 0.25) is 5.02 Å². The van der Waals surface area contributed by atoms with Gasteiger partial charge in [-0.3, -0.25) is 4.90 Å². The number of hydrogen-bond donors (Lipinski definition) is 1. The Morgan fingerprint density at radius 1 is 1.25 bits per heavy atom. The molecule has 114 valence electrons. The molecule has 0 aliphatic rings. The summed E-state index contributed by atoms with van der Waals surface area (Å²) in [7, 11) is 4.24. The van der Waals surface area contributed by atoms with E-state index >= 15 is 0 Å². The molecule has 0 fully saturated rings. The predicted octanol–water partition coefficient (Wildman–Crippen LogP) is 4.36. The van der Waals surface area contributed by atoms with E-state index < -0.39 is 0 Å². The van der Waals surface area contributed by atoms with Gasteiger partial charge in [-0.05, 0) is 50.9 Å². The quantitative estimate of drug-likeness (QED) is 0.767. The third-order valence-corrected chi connectivity index (χ3v) is 5.00. The highest BCUT2D eigenvalue weighted by atomic mass is 35.5. The minimum absolute atomic E-state index is 0.332. The number of nitrogens with zero attached hydrogens (tertiary/aromatic N) is 1. The molecule has 0 aromatic heterocycles. The molecule has 1 aromatic rings. The topological polar surface area (TPSA) is 15.3 Å². The molecule has 20 heavy (non-hydrogen) atoms. The molecule has 0 spiro atoms. The molecule has 0 saturated heterocycles. The molecule has 1 rings (SSSR count).